The average molecular weight is 257 g/mol. The van der Waals surface area contributed by atoms with E-state index in [1.165, 1.54) is 0 Å². The molecule has 0 saturated heterocycles. The van der Waals surface area contributed by atoms with Gasteiger partial charge in [0.05, 0.1) is 6.04 Å². The van der Waals surface area contributed by atoms with E-state index in [0.29, 0.717) is 18.9 Å². The molecule has 0 fully saturated rings. The molecule has 0 saturated carbocycles. The first-order valence-corrected chi connectivity index (χ1v) is 6.46. The maximum absolute atomic E-state index is 11.6. The molecule has 4 N–H and O–H groups in total. The molecule has 1 atom stereocenters. The molecule has 18 heavy (non-hydrogen) atoms. The first-order chi connectivity index (χ1) is 8.11. The molecular formula is C13H27N3O2. The van der Waals surface area contributed by atoms with Crippen LogP contribution >= 0.6 is 0 Å². The first-order valence-electron chi connectivity index (χ1n) is 6.46. The Kier molecular flexibility index (Phi) is 6.91. The number of carbonyl (C=O) groups is 2. The number of rotatable bonds is 6. The molecule has 106 valence electrons. The lowest BCUT2D eigenvalue weighted by Gasteiger charge is -2.20. The van der Waals surface area contributed by atoms with Gasteiger partial charge in [-0.05, 0) is 33.1 Å². The molecule has 0 heterocycles. The molecule has 0 aromatic heterocycles. The van der Waals surface area contributed by atoms with E-state index < -0.39 is 6.04 Å². The van der Waals surface area contributed by atoms with Gasteiger partial charge in [0.15, 0.2) is 0 Å². The van der Waals surface area contributed by atoms with Gasteiger partial charge in [0.25, 0.3) is 0 Å². The number of hydrogen-bond donors (Lipinski definition) is 3. The summed E-state index contributed by atoms with van der Waals surface area (Å²) in [6.07, 6.45) is 0.928. The van der Waals surface area contributed by atoms with Crippen LogP contribution in [0.15, 0.2) is 0 Å². The van der Waals surface area contributed by atoms with Crippen LogP contribution in [0, 0.1) is 5.92 Å². The molecule has 5 nitrogen and oxygen atoms in total. The summed E-state index contributed by atoms with van der Waals surface area (Å²) < 4.78 is 0. The van der Waals surface area contributed by atoms with Crippen molar-refractivity contribution in [3.05, 3.63) is 0 Å². The molecule has 0 aliphatic rings. The molecule has 0 radical (unpaired) electrons. The second-order valence-corrected chi connectivity index (χ2v) is 6.08. The van der Waals surface area contributed by atoms with Crippen LogP contribution in [0.2, 0.25) is 0 Å². The molecular weight excluding hydrogens is 230 g/mol. The van der Waals surface area contributed by atoms with Crippen LogP contribution in [0.4, 0.5) is 0 Å². The van der Waals surface area contributed by atoms with Gasteiger partial charge in [-0.15, -0.1) is 0 Å². The average Bonchev–Trinajstić information content (AvgIpc) is 2.13. The van der Waals surface area contributed by atoms with Crippen molar-refractivity contribution < 1.29 is 9.59 Å². The summed E-state index contributed by atoms with van der Waals surface area (Å²) in [6.45, 7) is 10.1. The predicted molar refractivity (Wildman–Crippen MR) is 73.0 cm³/mol. The zero-order chi connectivity index (χ0) is 14.3. The molecule has 0 spiro atoms. The van der Waals surface area contributed by atoms with Crippen molar-refractivity contribution in [1.29, 1.82) is 0 Å². The SMILES string of the molecule is CC(C)C[C@@H](N)C(=O)NCCC(=O)NC(C)(C)C. The highest BCUT2D eigenvalue weighted by molar-refractivity contribution is 5.82. The molecule has 0 aromatic carbocycles. The Hall–Kier alpha value is -1.10. The summed E-state index contributed by atoms with van der Waals surface area (Å²) >= 11 is 0. The van der Waals surface area contributed by atoms with Gasteiger partial charge in [-0.2, -0.15) is 0 Å². The molecule has 0 bridgehead atoms. The van der Waals surface area contributed by atoms with Crippen LogP contribution in [-0.2, 0) is 9.59 Å². The number of amides is 2. The summed E-state index contributed by atoms with van der Waals surface area (Å²) in [5.41, 5.74) is 5.48. The Morgan fingerprint density at radius 3 is 2.22 bits per heavy atom. The van der Waals surface area contributed by atoms with Gasteiger partial charge < -0.3 is 16.4 Å². The molecule has 5 heteroatoms. The van der Waals surface area contributed by atoms with Crippen molar-refractivity contribution in [2.45, 2.75) is 59.0 Å². The standard InChI is InChI=1S/C13H27N3O2/c1-9(2)8-10(14)12(18)15-7-6-11(17)16-13(3,4)5/h9-10H,6-8,14H2,1-5H3,(H,15,18)(H,16,17)/t10-/m1/s1. The van der Waals surface area contributed by atoms with Gasteiger partial charge in [-0.25, -0.2) is 0 Å². The molecule has 2 amide bonds. The lowest BCUT2D eigenvalue weighted by molar-refractivity contribution is -0.123. The normalized spacial score (nSPS) is 13.3. The van der Waals surface area contributed by atoms with Crippen LogP contribution in [0.1, 0.15) is 47.5 Å². The fourth-order valence-electron chi connectivity index (χ4n) is 1.53. The van der Waals surface area contributed by atoms with Crippen molar-refractivity contribution in [3.63, 3.8) is 0 Å². The summed E-state index contributed by atoms with van der Waals surface area (Å²) in [6, 6.07) is -0.490. The van der Waals surface area contributed by atoms with Crippen molar-refractivity contribution in [3.8, 4) is 0 Å². The molecule has 0 rings (SSSR count). The van der Waals surface area contributed by atoms with E-state index in [4.69, 9.17) is 5.73 Å². The van der Waals surface area contributed by atoms with Crippen LogP contribution in [0.3, 0.4) is 0 Å². The fraction of sp³-hybridized carbons (Fsp3) is 0.846. The smallest absolute Gasteiger partial charge is 0.236 e. The fourth-order valence-corrected chi connectivity index (χ4v) is 1.53. The van der Waals surface area contributed by atoms with Gasteiger partial charge in [0, 0.05) is 18.5 Å². The third-order valence-electron chi connectivity index (χ3n) is 2.23. The Morgan fingerprint density at radius 1 is 1.22 bits per heavy atom. The first kappa shape index (κ1) is 16.9. The summed E-state index contributed by atoms with van der Waals surface area (Å²) in [5.74, 6) is 0.127. The Labute approximate surface area is 110 Å². The number of nitrogens with two attached hydrogens (primary N) is 1. The van der Waals surface area contributed by atoms with Gasteiger partial charge in [-0.1, -0.05) is 13.8 Å². The van der Waals surface area contributed by atoms with Crippen molar-refractivity contribution in [2.24, 2.45) is 11.7 Å². The van der Waals surface area contributed by atoms with Gasteiger partial charge >= 0.3 is 0 Å². The van der Waals surface area contributed by atoms with Crippen molar-refractivity contribution in [2.75, 3.05) is 6.54 Å². The van der Waals surface area contributed by atoms with E-state index >= 15 is 0 Å². The van der Waals surface area contributed by atoms with Gasteiger partial charge in [-0.3, -0.25) is 9.59 Å². The minimum Gasteiger partial charge on any atom is -0.354 e. The Balaban J connectivity index is 3.84. The highest BCUT2D eigenvalue weighted by Gasteiger charge is 2.16. The van der Waals surface area contributed by atoms with Crippen LogP contribution in [-0.4, -0.2) is 29.9 Å². The van der Waals surface area contributed by atoms with E-state index in [1.807, 2.05) is 34.6 Å². The minimum absolute atomic E-state index is 0.0692. The zero-order valence-electron chi connectivity index (χ0n) is 12.2. The topological polar surface area (TPSA) is 84.2 Å². The van der Waals surface area contributed by atoms with Crippen LogP contribution in [0.25, 0.3) is 0 Å². The molecule has 0 aromatic rings. The Bertz CT molecular complexity index is 282. The predicted octanol–water partition coefficient (Wildman–Crippen LogP) is 0.781. The van der Waals surface area contributed by atoms with Crippen LogP contribution < -0.4 is 16.4 Å². The van der Waals surface area contributed by atoms with Crippen LogP contribution in [0.5, 0.6) is 0 Å². The quantitative estimate of drug-likeness (QED) is 0.657. The second kappa shape index (κ2) is 7.36. The number of hydrogen-bond acceptors (Lipinski definition) is 3. The largest absolute Gasteiger partial charge is 0.354 e. The van der Waals surface area contributed by atoms with E-state index in [-0.39, 0.29) is 23.8 Å². The monoisotopic (exact) mass is 257 g/mol. The molecule has 0 unspecified atom stereocenters. The third-order valence-corrected chi connectivity index (χ3v) is 2.23. The minimum atomic E-state index is -0.490. The van der Waals surface area contributed by atoms with Gasteiger partial charge in [0.2, 0.25) is 11.8 Å². The molecule has 0 aliphatic heterocycles. The Morgan fingerprint density at radius 2 is 1.78 bits per heavy atom. The number of carbonyl (C=O) groups excluding carboxylic acids is 2. The lowest BCUT2D eigenvalue weighted by Crippen LogP contribution is -2.44. The van der Waals surface area contributed by atoms with Gasteiger partial charge in [0.1, 0.15) is 0 Å². The lowest BCUT2D eigenvalue weighted by atomic mass is 10.0. The highest BCUT2D eigenvalue weighted by atomic mass is 16.2. The highest BCUT2D eigenvalue weighted by Crippen LogP contribution is 2.02. The zero-order valence-corrected chi connectivity index (χ0v) is 12.2. The van der Waals surface area contributed by atoms with E-state index in [1.54, 1.807) is 0 Å². The van der Waals surface area contributed by atoms with E-state index in [2.05, 4.69) is 10.6 Å². The molecule has 0 aliphatic carbocycles. The maximum Gasteiger partial charge on any atom is 0.236 e. The summed E-state index contributed by atoms with van der Waals surface area (Å²) in [5, 5.41) is 5.51. The second-order valence-electron chi connectivity index (χ2n) is 6.08. The van der Waals surface area contributed by atoms with E-state index in [9.17, 15) is 9.59 Å². The summed E-state index contributed by atoms with van der Waals surface area (Å²) in [4.78, 5) is 23.1. The van der Waals surface area contributed by atoms with Crippen molar-refractivity contribution in [1.82, 2.24) is 10.6 Å². The third kappa shape index (κ3) is 8.98. The van der Waals surface area contributed by atoms with Crippen molar-refractivity contribution >= 4 is 11.8 Å². The maximum atomic E-state index is 11.6. The summed E-state index contributed by atoms with van der Waals surface area (Å²) in [7, 11) is 0. The number of nitrogens with one attached hydrogen (secondary N) is 2. The van der Waals surface area contributed by atoms with E-state index in [0.717, 1.165) is 0 Å².